The highest BCUT2D eigenvalue weighted by atomic mass is 14.9. The monoisotopic (exact) mass is 213 g/mol. The summed E-state index contributed by atoms with van der Waals surface area (Å²) in [7, 11) is 0. The molecule has 0 saturated heterocycles. The second kappa shape index (κ2) is 4.23. The zero-order chi connectivity index (χ0) is 11.5. The summed E-state index contributed by atoms with van der Waals surface area (Å²) in [5.74, 6) is 0.533. The van der Waals surface area contributed by atoms with Gasteiger partial charge in [0.15, 0.2) is 0 Å². The molecule has 1 heterocycles. The second-order valence-corrected chi connectivity index (χ2v) is 3.90. The number of nitrogen functional groups attached to an aromatic ring is 1. The zero-order valence-corrected chi connectivity index (χ0v) is 9.49. The van der Waals surface area contributed by atoms with Gasteiger partial charge in [-0.2, -0.15) is 0 Å². The van der Waals surface area contributed by atoms with Crippen LogP contribution in [0.1, 0.15) is 11.1 Å². The summed E-state index contributed by atoms with van der Waals surface area (Å²) >= 11 is 0. The summed E-state index contributed by atoms with van der Waals surface area (Å²) in [5.41, 5.74) is 10.1. The van der Waals surface area contributed by atoms with Gasteiger partial charge in [0.05, 0.1) is 11.9 Å². The SMILES string of the molecule is Cc1ccc(Nc2ccc(N)nc2)cc1C. The van der Waals surface area contributed by atoms with Crippen molar-refractivity contribution in [2.45, 2.75) is 13.8 Å². The van der Waals surface area contributed by atoms with Gasteiger partial charge in [-0.05, 0) is 49.2 Å². The van der Waals surface area contributed by atoms with Crippen LogP contribution in [-0.4, -0.2) is 4.98 Å². The minimum Gasteiger partial charge on any atom is -0.384 e. The molecule has 3 N–H and O–H groups in total. The van der Waals surface area contributed by atoms with Crippen LogP contribution in [0, 0.1) is 13.8 Å². The van der Waals surface area contributed by atoms with E-state index in [1.165, 1.54) is 11.1 Å². The van der Waals surface area contributed by atoms with Gasteiger partial charge in [-0.3, -0.25) is 0 Å². The van der Waals surface area contributed by atoms with Gasteiger partial charge in [-0.15, -0.1) is 0 Å². The number of pyridine rings is 1. The van der Waals surface area contributed by atoms with Crippen molar-refractivity contribution in [3.05, 3.63) is 47.7 Å². The van der Waals surface area contributed by atoms with E-state index in [-0.39, 0.29) is 0 Å². The van der Waals surface area contributed by atoms with Crippen molar-refractivity contribution in [3.8, 4) is 0 Å². The molecule has 3 heteroatoms. The van der Waals surface area contributed by atoms with E-state index >= 15 is 0 Å². The molecule has 0 aliphatic carbocycles. The smallest absolute Gasteiger partial charge is 0.123 e. The molecular formula is C13H15N3. The Bertz CT molecular complexity index is 489. The average molecular weight is 213 g/mol. The molecular weight excluding hydrogens is 198 g/mol. The fourth-order valence-corrected chi connectivity index (χ4v) is 1.47. The highest BCUT2D eigenvalue weighted by molar-refractivity contribution is 5.60. The van der Waals surface area contributed by atoms with Crippen LogP contribution in [0.4, 0.5) is 17.2 Å². The summed E-state index contributed by atoms with van der Waals surface area (Å²) in [6, 6.07) is 9.97. The van der Waals surface area contributed by atoms with Crippen LogP contribution in [-0.2, 0) is 0 Å². The van der Waals surface area contributed by atoms with Gasteiger partial charge in [0.2, 0.25) is 0 Å². The number of anilines is 3. The van der Waals surface area contributed by atoms with Crippen molar-refractivity contribution in [1.29, 1.82) is 0 Å². The lowest BCUT2D eigenvalue weighted by Crippen LogP contribution is -1.94. The van der Waals surface area contributed by atoms with Crippen LogP contribution in [0.15, 0.2) is 36.5 Å². The topological polar surface area (TPSA) is 50.9 Å². The van der Waals surface area contributed by atoms with E-state index in [4.69, 9.17) is 5.73 Å². The average Bonchev–Trinajstić information content (AvgIpc) is 2.27. The first-order valence-corrected chi connectivity index (χ1v) is 5.21. The third-order valence-electron chi connectivity index (χ3n) is 2.58. The van der Waals surface area contributed by atoms with Crippen LogP contribution in [0.2, 0.25) is 0 Å². The van der Waals surface area contributed by atoms with Gasteiger partial charge in [0, 0.05) is 5.69 Å². The number of hydrogen-bond donors (Lipinski definition) is 2. The van der Waals surface area contributed by atoms with Crippen LogP contribution >= 0.6 is 0 Å². The molecule has 0 aliphatic heterocycles. The van der Waals surface area contributed by atoms with Crippen molar-refractivity contribution in [3.63, 3.8) is 0 Å². The second-order valence-electron chi connectivity index (χ2n) is 3.90. The zero-order valence-electron chi connectivity index (χ0n) is 9.49. The lowest BCUT2D eigenvalue weighted by molar-refractivity contribution is 1.31. The number of nitrogens with one attached hydrogen (secondary N) is 1. The van der Waals surface area contributed by atoms with Crippen LogP contribution in [0.25, 0.3) is 0 Å². The molecule has 0 radical (unpaired) electrons. The maximum Gasteiger partial charge on any atom is 0.123 e. The Hall–Kier alpha value is -2.03. The lowest BCUT2D eigenvalue weighted by Gasteiger charge is -2.08. The van der Waals surface area contributed by atoms with Crippen LogP contribution in [0.5, 0.6) is 0 Å². The Labute approximate surface area is 95.3 Å². The van der Waals surface area contributed by atoms with Crippen molar-refractivity contribution in [2.24, 2.45) is 0 Å². The molecule has 0 bridgehead atoms. The van der Waals surface area contributed by atoms with Gasteiger partial charge >= 0.3 is 0 Å². The quantitative estimate of drug-likeness (QED) is 0.806. The predicted octanol–water partition coefficient (Wildman–Crippen LogP) is 3.02. The van der Waals surface area contributed by atoms with Crippen LogP contribution in [0.3, 0.4) is 0 Å². The Morgan fingerprint density at radius 3 is 2.38 bits per heavy atom. The first-order valence-electron chi connectivity index (χ1n) is 5.21. The van der Waals surface area contributed by atoms with Crippen molar-refractivity contribution in [1.82, 2.24) is 4.98 Å². The Morgan fingerprint density at radius 2 is 1.75 bits per heavy atom. The first-order chi connectivity index (χ1) is 7.65. The normalized spacial score (nSPS) is 10.1. The van der Waals surface area contributed by atoms with E-state index in [0.717, 1.165) is 11.4 Å². The summed E-state index contributed by atoms with van der Waals surface area (Å²) in [4.78, 5) is 4.03. The molecule has 1 aromatic carbocycles. The fourth-order valence-electron chi connectivity index (χ4n) is 1.47. The number of hydrogen-bond acceptors (Lipinski definition) is 3. The third-order valence-corrected chi connectivity index (χ3v) is 2.58. The van der Waals surface area contributed by atoms with Gasteiger partial charge in [0.1, 0.15) is 5.82 Å². The van der Waals surface area contributed by atoms with E-state index in [9.17, 15) is 0 Å². The maximum atomic E-state index is 5.53. The van der Waals surface area contributed by atoms with Gasteiger partial charge in [0.25, 0.3) is 0 Å². The van der Waals surface area contributed by atoms with E-state index in [2.05, 4.69) is 42.3 Å². The highest BCUT2D eigenvalue weighted by Crippen LogP contribution is 2.19. The Balaban J connectivity index is 2.20. The molecule has 3 nitrogen and oxygen atoms in total. The standard InChI is InChI=1S/C13H15N3/c1-9-3-4-11(7-10(9)2)16-12-5-6-13(14)15-8-12/h3-8,16H,1-2H3,(H2,14,15). The summed E-state index contributed by atoms with van der Waals surface area (Å²) < 4.78 is 0. The van der Waals surface area contributed by atoms with Crippen LogP contribution < -0.4 is 11.1 Å². The number of nitrogens with two attached hydrogens (primary N) is 1. The summed E-state index contributed by atoms with van der Waals surface area (Å²) in [5, 5.41) is 3.28. The highest BCUT2D eigenvalue weighted by Gasteiger charge is 1.97. The Morgan fingerprint density at radius 1 is 1.00 bits per heavy atom. The molecule has 0 amide bonds. The number of aromatic nitrogens is 1. The molecule has 2 rings (SSSR count). The molecule has 0 atom stereocenters. The van der Waals surface area contributed by atoms with E-state index < -0.39 is 0 Å². The molecule has 0 unspecified atom stereocenters. The Kier molecular flexibility index (Phi) is 2.77. The largest absolute Gasteiger partial charge is 0.384 e. The summed E-state index contributed by atoms with van der Waals surface area (Å²) in [6.07, 6.45) is 1.73. The molecule has 82 valence electrons. The molecule has 2 aromatic rings. The van der Waals surface area contributed by atoms with Gasteiger partial charge in [-0.25, -0.2) is 4.98 Å². The fraction of sp³-hybridized carbons (Fsp3) is 0.154. The molecule has 0 spiro atoms. The molecule has 0 aliphatic rings. The van der Waals surface area contributed by atoms with Crippen molar-refractivity contribution in [2.75, 3.05) is 11.1 Å². The van der Waals surface area contributed by atoms with Gasteiger partial charge in [-0.1, -0.05) is 6.07 Å². The van der Waals surface area contributed by atoms with E-state index in [1.54, 1.807) is 12.3 Å². The minimum absolute atomic E-state index is 0.533. The molecule has 0 saturated carbocycles. The molecule has 16 heavy (non-hydrogen) atoms. The maximum absolute atomic E-state index is 5.53. The van der Waals surface area contributed by atoms with Crippen molar-refractivity contribution >= 4 is 17.2 Å². The third kappa shape index (κ3) is 2.31. The predicted molar refractivity (Wildman–Crippen MR) is 67.8 cm³/mol. The number of benzene rings is 1. The number of rotatable bonds is 2. The number of aryl methyl sites for hydroxylation is 2. The van der Waals surface area contributed by atoms with E-state index in [1.807, 2.05) is 6.07 Å². The van der Waals surface area contributed by atoms with E-state index in [0.29, 0.717) is 5.82 Å². The number of nitrogens with zero attached hydrogens (tertiary/aromatic N) is 1. The summed E-state index contributed by atoms with van der Waals surface area (Å²) in [6.45, 7) is 4.20. The van der Waals surface area contributed by atoms with Gasteiger partial charge < -0.3 is 11.1 Å². The molecule has 1 aromatic heterocycles. The minimum atomic E-state index is 0.533. The van der Waals surface area contributed by atoms with Crippen molar-refractivity contribution < 1.29 is 0 Å². The first kappa shape index (κ1) is 10.5. The lowest BCUT2D eigenvalue weighted by atomic mass is 10.1. The molecule has 0 fully saturated rings.